The van der Waals surface area contributed by atoms with E-state index in [1.54, 1.807) is 0 Å². The van der Waals surface area contributed by atoms with Gasteiger partial charge in [0.2, 0.25) is 0 Å². The molecule has 0 spiro atoms. The summed E-state index contributed by atoms with van der Waals surface area (Å²) in [6, 6.07) is 66.7. The molecule has 0 aliphatic rings. The van der Waals surface area contributed by atoms with Gasteiger partial charge >= 0.3 is 0 Å². The highest BCUT2D eigenvalue weighted by Crippen LogP contribution is 2.42. The highest BCUT2D eigenvalue weighted by atomic mass is 16.3. The Hall–Kier alpha value is -7.68. The molecule has 1 heterocycles. The minimum absolute atomic E-state index is 0.107. The molecule has 0 fully saturated rings. The van der Waals surface area contributed by atoms with Gasteiger partial charge in [-0.3, -0.25) is 0 Å². The molecule has 0 amide bonds. The number of anilines is 3. The molecule has 2 heteroatoms. The van der Waals surface area contributed by atoms with Gasteiger partial charge in [0.05, 0.1) is 5.48 Å². The van der Waals surface area contributed by atoms with Crippen molar-refractivity contribution in [1.29, 1.82) is 0 Å². The van der Waals surface area contributed by atoms with Crippen LogP contribution in [0.5, 0.6) is 0 Å². The zero-order valence-electron chi connectivity index (χ0n) is 35.4. The van der Waals surface area contributed by atoms with Gasteiger partial charge in [-0.05, 0) is 121 Å². The lowest BCUT2D eigenvalue weighted by atomic mass is 9.97. The maximum atomic E-state index is 9.62. The predicted molar refractivity (Wildman–Crippen MR) is 245 cm³/mol. The van der Waals surface area contributed by atoms with Crippen LogP contribution in [0.1, 0.15) is 5.48 Å². The highest BCUT2D eigenvalue weighted by Gasteiger charge is 2.17. The molecule has 0 aliphatic carbocycles. The lowest BCUT2D eigenvalue weighted by molar-refractivity contribution is 0.673. The van der Waals surface area contributed by atoms with E-state index in [-0.39, 0.29) is 35.4 Å². The third-order valence-electron chi connectivity index (χ3n) is 11.1. The molecular formula is C56H37NO. The van der Waals surface area contributed by atoms with E-state index in [1.807, 2.05) is 120 Å². The molecule has 0 aliphatic heterocycles. The van der Waals surface area contributed by atoms with Gasteiger partial charge < -0.3 is 9.32 Å². The van der Waals surface area contributed by atoms with E-state index in [4.69, 9.17) is 4.42 Å². The molecule has 58 heavy (non-hydrogen) atoms. The molecule has 10 aromatic carbocycles. The van der Waals surface area contributed by atoms with Gasteiger partial charge in [0.15, 0.2) is 0 Å². The summed E-state index contributed by atoms with van der Waals surface area (Å²) >= 11 is 0. The van der Waals surface area contributed by atoms with E-state index in [9.17, 15) is 5.48 Å². The number of rotatable bonds is 7. The molecular weight excluding hydrogens is 703 g/mol. The number of hydrogen-bond acceptors (Lipinski definition) is 2. The smallest absolute Gasteiger partial charge is 0.143 e. The number of hydrogen-bond donors (Lipinski definition) is 0. The second-order valence-electron chi connectivity index (χ2n) is 14.6. The summed E-state index contributed by atoms with van der Waals surface area (Å²) in [4.78, 5) is 1.86. The Balaban J connectivity index is 1.07. The van der Waals surface area contributed by atoms with E-state index in [0.717, 1.165) is 76.9 Å². The first-order valence-electron chi connectivity index (χ1n) is 21.5. The Kier molecular flexibility index (Phi) is 7.20. The number of benzene rings is 10. The van der Waals surface area contributed by atoms with Crippen molar-refractivity contribution < 1.29 is 9.90 Å². The first kappa shape index (κ1) is 29.6. The van der Waals surface area contributed by atoms with Crippen molar-refractivity contribution in [3.63, 3.8) is 0 Å². The normalized spacial score (nSPS) is 12.4. The average molecular weight is 744 g/mol. The van der Waals surface area contributed by atoms with E-state index in [2.05, 4.69) is 84.9 Å². The zero-order valence-corrected chi connectivity index (χ0v) is 31.4. The topological polar surface area (TPSA) is 16.4 Å². The summed E-state index contributed by atoms with van der Waals surface area (Å²) in [5.41, 5.74) is 10.1. The lowest BCUT2D eigenvalue weighted by Gasteiger charge is -2.26. The molecule has 11 rings (SSSR count). The summed E-state index contributed by atoms with van der Waals surface area (Å²) in [5.74, 6) is 0. The summed E-state index contributed by atoms with van der Waals surface area (Å²) in [5, 5.41) is 6.55. The van der Waals surface area contributed by atoms with Crippen LogP contribution in [0.2, 0.25) is 0 Å². The molecule has 0 saturated carbocycles. The standard InChI is InChI=1S/C56H37NO/c1-2-11-38(12-3-1)44-16-8-17-45(35-44)40-25-30-48(31-26-40)57(50-19-9-18-46(37-50)47-24-23-39-13-4-5-15-43(39)36-47)49-32-27-42(28-33-49)51-21-10-22-54-55(51)53-34-29-41-14-6-7-20-52(41)56(53)58-54/h1-37H/i25D,26D,30D,31D. The molecule has 0 N–H and O–H groups in total. The second kappa shape index (κ2) is 14.1. The second-order valence-corrected chi connectivity index (χ2v) is 14.6. The third kappa shape index (κ3) is 6.00. The van der Waals surface area contributed by atoms with Crippen LogP contribution in [0, 0.1) is 0 Å². The molecule has 0 atom stereocenters. The third-order valence-corrected chi connectivity index (χ3v) is 11.1. The maximum absolute atomic E-state index is 9.62. The predicted octanol–water partition coefficient (Wildman–Crippen LogP) is 16.0. The van der Waals surface area contributed by atoms with Gasteiger partial charge in [-0.15, -0.1) is 0 Å². The van der Waals surface area contributed by atoms with Crippen molar-refractivity contribution in [2.45, 2.75) is 0 Å². The fourth-order valence-electron chi connectivity index (χ4n) is 8.23. The molecule has 0 radical (unpaired) electrons. The van der Waals surface area contributed by atoms with Crippen molar-refractivity contribution in [3.8, 4) is 44.5 Å². The van der Waals surface area contributed by atoms with Crippen molar-refractivity contribution in [3.05, 3.63) is 224 Å². The maximum Gasteiger partial charge on any atom is 0.143 e. The zero-order chi connectivity index (χ0) is 41.9. The van der Waals surface area contributed by atoms with Crippen LogP contribution in [0.25, 0.3) is 88.0 Å². The molecule has 11 aromatic rings. The Bertz CT molecular complexity index is 3490. The fraction of sp³-hybridized carbons (Fsp3) is 0. The SMILES string of the molecule is [2H]c1c([2H])c(N(c2ccc(-c3cccc4oc5c6ccccc6ccc5c34)cc2)c2cccc(-c3ccc4ccccc4c3)c2)c([2H])c([2H])c1-c1cccc(-c2ccccc2)c1. The average Bonchev–Trinajstić information content (AvgIpc) is 3.72. The Morgan fingerprint density at radius 1 is 0.345 bits per heavy atom. The molecule has 272 valence electrons. The minimum atomic E-state index is -0.131. The first-order valence-corrected chi connectivity index (χ1v) is 19.5. The van der Waals surface area contributed by atoms with Gasteiger partial charge in [0.25, 0.3) is 0 Å². The van der Waals surface area contributed by atoms with Crippen molar-refractivity contribution in [2.24, 2.45) is 0 Å². The Labute approximate surface area is 343 Å². The van der Waals surface area contributed by atoms with E-state index < -0.39 is 0 Å². The van der Waals surface area contributed by atoms with Gasteiger partial charge in [0.1, 0.15) is 11.2 Å². The number of nitrogens with zero attached hydrogens (tertiary/aromatic N) is 1. The first-order chi connectivity index (χ1) is 30.4. The van der Waals surface area contributed by atoms with Gasteiger partial charge in [-0.25, -0.2) is 0 Å². The van der Waals surface area contributed by atoms with Crippen LogP contribution in [-0.4, -0.2) is 0 Å². The summed E-state index contributed by atoms with van der Waals surface area (Å²) in [6.45, 7) is 0. The largest absolute Gasteiger partial charge is 0.455 e. The van der Waals surface area contributed by atoms with E-state index in [0.29, 0.717) is 16.9 Å². The van der Waals surface area contributed by atoms with E-state index in [1.165, 1.54) is 0 Å². The number of furan rings is 1. The summed E-state index contributed by atoms with van der Waals surface area (Å²) < 4.78 is 44.7. The molecule has 0 saturated heterocycles. The quantitative estimate of drug-likeness (QED) is 0.162. The van der Waals surface area contributed by atoms with Gasteiger partial charge in [-0.1, -0.05) is 164 Å². The monoisotopic (exact) mass is 743 g/mol. The van der Waals surface area contributed by atoms with Crippen LogP contribution >= 0.6 is 0 Å². The Morgan fingerprint density at radius 2 is 0.966 bits per heavy atom. The molecule has 0 unspecified atom stereocenters. The van der Waals surface area contributed by atoms with Gasteiger partial charge in [0, 0.05) is 33.2 Å². The molecule has 1 aromatic heterocycles. The summed E-state index contributed by atoms with van der Waals surface area (Å²) in [6.07, 6.45) is 0. The number of fused-ring (bicyclic) bond motifs is 6. The van der Waals surface area contributed by atoms with Crippen LogP contribution < -0.4 is 4.90 Å². The highest BCUT2D eigenvalue weighted by molar-refractivity contribution is 6.19. The van der Waals surface area contributed by atoms with Gasteiger partial charge in [-0.2, -0.15) is 0 Å². The van der Waals surface area contributed by atoms with Crippen molar-refractivity contribution in [1.82, 2.24) is 0 Å². The van der Waals surface area contributed by atoms with Crippen molar-refractivity contribution >= 4 is 60.5 Å². The van der Waals surface area contributed by atoms with Crippen LogP contribution in [0.3, 0.4) is 0 Å². The minimum Gasteiger partial charge on any atom is -0.455 e. The van der Waals surface area contributed by atoms with Crippen LogP contribution in [0.4, 0.5) is 17.1 Å². The van der Waals surface area contributed by atoms with Crippen molar-refractivity contribution in [2.75, 3.05) is 4.90 Å². The fourth-order valence-corrected chi connectivity index (χ4v) is 8.23. The van der Waals surface area contributed by atoms with E-state index >= 15 is 0 Å². The summed E-state index contributed by atoms with van der Waals surface area (Å²) in [7, 11) is 0. The lowest BCUT2D eigenvalue weighted by Crippen LogP contribution is -2.10. The Morgan fingerprint density at radius 3 is 1.79 bits per heavy atom. The molecule has 0 bridgehead atoms. The molecule has 2 nitrogen and oxygen atoms in total. The van der Waals surface area contributed by atoms with Crippen LogP contribution in [0.15, 0.2) is 229 Å². The van der Waals surface area contributed by atoms with Crippen LogP contribution in [-0.2, 0) is 0 Å².